The van der Waals surface area contributed by atoms with Crippen molar-refractivity contribution in [1.29, 1.82) is 0 Å². The number of halogens is 1. The van der Waals surface area contributed by atoms with Gasteiger partial charge in [-0.2, -0.15) is 0 Å². The van der Waals surface area contributed by atoms with Crippen molar-refractivity contribution in [3.63, 3.8) is 0 Å². The van der Waals surface area contributed by atoms with Crippen LogP contribution < -0.4 is 14.8 Å². The van der Waals surface area contributed by atoms with Gasteiger partial charge in [0.05, 0.1) is 23.1 Å². The molecule has 0 spiro atoms. The number of carbonyl (C=O) groups excluding carboxylic acids is 3. The van der Waals surface area contributed by atoms with E-state index in [4.69, 9.17) is 21.1 Å². The van der Waals surface area contributed by atoms with Crippen molar-refractivity contribution >= 4 is 52.2 Å². The second kappa shape index (κ2) is 11.0. The highest BCUT2D eigenvalue weighted by molar-refractivity contribution is 8.18. The van der Waals surface area contributed by atoms with Crippen LogP contribution in [0.15, 0.2) is 35.2 Å². The predicted molar refractivity (Wildman–Crippen MR) is 136 cm³/mol. The van der Waals surface area contributed by atoms with E-state index in [1.165, 1.54) is 7.11 Å². The van der Waals surface area contributed by atoms with Crippen LogP contribution in [0.5, 0.6) is 11.5 Å². The minimum atomic E-state index is -0.541. The van der Waals surface area contributed by atoms with E-state index < -0.39 is 17.1 Å². The summed E-state index contributed by atoms with van der Waals surface area (Å²) in [4.78, 5) is 38.9. The number of hydrogen-bond acceptors (Lipinski definition) is 6. The molecule has 1 heterocycles. The summed E-state index contributed by atoms with van der Waals surface area (Å²) >= 11 is 7.17. The van der Waals surface area contributed by atoms with Gasteiger partial charge in [0, 0.05) is 5.69 Å². The maximum atomic E-state index is 12.8. The molecule has 9 heteroatoms. The number of rotatable bonds is 8. The molecule has 1 N–H and O–H groups in total. The quantitative estimate of drug-likeness (QED) is 0.458. The lowest BCUT2D eigenvalue weighted by Crippen LogP contribution is -2.36. The summed E-state index contributed by atoms with van der Waals surface area (Å²) in [6.07, 6.45) is 2.29. The molecule has 0 aromatic heterocycles. The van der Waals surface area contributed by atoms with Crippen LogP contribution in [0.25, 0.3) is 6.08 Å². The standard InChI is InChI=1S/C25H27ClN2O5S/c1-6-16(4)33-23-19(26)10-17(11-20(23)32-5)12-21-24(30)28(25(31)34-21)13-22(29)27-18-8-7-14(2)15(3)9-18/h7-12,16H,6,13H2,1-5H3,(H,27,29)/b21-12+/t16-/m0/s1. The third kappa shape index (κ3) is 5.93. The SMILES string of the molecule is CC[C@H](C)Oc1c(Cl)cc(/C=C2/SC(=O)N(CC(=O)Nc3ccc(C)c(C)c3)C2=O)cc1OC. The van der Waals surface area contributed by atoms with E-state index in [1.54, 1.807) is 24.3 Å². The highest BCUT2D eigenvalue weighted by Crippen LogP contribution is 2.39. The molecule has 7 nitrogen and oxygen atoms in total. The van der Waals surface area contributed by atoms with Gasteiger partial charge in [0.15, 0.2) is 11.5 Å². The molecular weight excluding hydrogens is 476 g/mol. The molecular formula is C25H27ClN2O5S. The summed E-state index contributed by atoms with van der Waals surface area (Å²) in [6, 6.07) is 8.84. The highest BCUT2D eigenvalue weighted by atomic mass is 35.5. The number of carbonyl (C=O) groups is 3. The lowest BCUT2D eigenvalue weighted by Gasteiger charge is -2.17. The van der Waals surface area contributed by atoms with Gasteiger partial charge in [0.2, 0.25) is 5.91 Å². The molecule has 0 unspecified atom stereocenters. The molecule has 1 fully saturated rings. The topological polar surface area (TPSA) is 84.9 Å². The summed E-state index contributed by atoms with van der Waals surface area (Å²) in [5.74, 6) is -0.152. The van der Waals surface area contributed by atoms with Gasteiger partial charge in [0.1, 0.15) is 6.54 Å². The Labute approximate surface area is 208 Å². The Morgan fingerprint density at radius 1 is 1.21 bits per heavy atom. The molecule has 3 rings (SSSR count). The fourth-order valence-corrected chi connectivity index (χ4v) is 4.27. The van der Waals surface area contributed by atoms with Gasteiger partial charge in [-0.05, 0) is 86.0 Å². The van der Waals surface area contributed by atoms with Crippen molar-refractivity contribution < 1.29 is 23.9 Å². The largest absolute Gasteiger partial charge is 0.493 e. The molecule has 1 aliphatic rings. The van der Waals surface area contributed by atoms with Crippen molar-refractivity contribution in [2.45, 2.75) is 40.2 Å². The Balaban J connectivity index is 1.75. The number of imide groups is 1. The van der Waals surface area contributed by atoms with E-state index in [0.717, 1.165) is 34.2 Å². The minimum Gasteiger partial charge on any atom is -0.493 e. The molecule has 0 radical (unpaired) electrons. The first-order chi connectivity index (χ1) is 16.1. The number of ether oxygens (including phenoxy) is 2. The molecule has 34 heavy (non-hydrogen) atoms. The van der Waals surface area contributed by atoms with Crippen LogP contribution in [-0.4, -0.2) is 41.7 Å². The van der Waals surface area contributed by atoms with Crippen molar-refractivity contribution in [3.8, 4) is 11.5 Å². The zero-order chi connectivity index (χ0) is 25.0. The molecule has 2 aromatic carbocycles. The fraction of sp³-hybridized carbons (Fsp3) is 0.320. The van der Waals surface area contributed by atoms with E-state index in [-0.39, 0.29) is 17.6 Å². The highest BCUT2D eigenvalue weighted by Gasteiger charge is 2.36. The van der Waals surface area contributed by atoms with Gasteiger partial charge in [0.25, 0.3) is 11.1 Å². The number of amides is 3. The molecule has 1 aliphatic heterocycles. The van der Waals surface area contributed by atoms with Crippen LogP contribution in [0.1, 0.15) is 37.0 Å². The number of nitrogens with one attached hydrogen (secondary N) is 1. The lowest BCUT2D eigenvalue weighted by molar-refractivity contribution is -0.127. The molecule has 1 atom stereocenters. The first-order valence-electron chi connectivity index (χ1n) is 10.8. The maximum Gasteiger partial charge on any atom is 0.294 e. The van der Waals surface area contributed by atoms with E-state index in [1.807, 2.05) is 39.8 Å². The third-order valence-corrected chi connectivity index (χ3v) is 6.60. The van der Waals surface area contributed by atoms with Gasteiger partial charge in [-0.1, -0.05) is 24.6 Å². The summed E-state index contributed by atoms with van der Waals surface area (Å²) in [5.41, 5.74) is 3.31. The third-order valence-electron chi connectivity index (χ3n) is 5.41. The van der Waals surface area contributed by atoms with Gasteiger partial charge >= 0.3 is 0 Å². The Hall–Kier alpha value is -2.97. The average Bonchev–Trinajstić information content (AvgIpc) is 3.04. The zero-order valence-electron chi connectivity index (χ0n) is 19.7. The molecule has 0 saturated carbocycles. The maximum absolute atomic E-state index is 12.8. The lowest BCUT2D eigenvalue weighted by atomic mass is 10.1. The second-order valence-electron chi connectivity index (χ2n) is 7.99. The zero-order valence-corrected chi connectivity index (χ0v) is 21.3. The Morgan fingerprint density at radius 2 is 1.94 bits per heavy atom. The summed E-state index contributed by atoms with van der Waals surface area (Å²) in [7, 11) is 1.50. The molecule has 0 aliphatic carbocycles. The normalized spacial score (nSPS) is 15.6. The number of thioether (sulfide) groups is 1. The van der Waals surface area contributed by atoms with Crippen molar-refractivity contribution in [1.82, 2.24) is 4.90 Å². The van der Waals surface area contributed by atoms with E-state index >= 15 is 0 Å². The Kier molecular flexibility index (Phi) is 8.28. The van der Waals surface area contributed by atoms with Crippen LogP contribution >= 0.6 is 23.4 Å². The first-order valence-corrected chi connectivity index (χ1v) is 12.0. The van der Waals surface area contributed by atoms with Crippen LogP contribution in [0.3, 0.4) is 0 Å². The van der Waals surface area contributed by atoms with E-state index in [0.29, 0.717) is 27.8 Å². The first kappa shape index (κ1) is 25.6. The molecule has 1 saturated heterocycles. The summed E-state index contributed by atoms with van der Waals surface area (Å²) in [6.45, 7) is 7.47. The van der Waals surface area contributed by atoms with Crippen LogP contribution in [0, 0.1) is 13.8 Å². The van der Waals surface area contributed by atoms with E-state index in [2.05, 4.69) is 5.32 Å². The molecule has 180 valence electrons. The van der Waals surface area contributed by atoms with E-state index in [9.17, 15) is 14.4 Å². The average molecular weight is 503 g/mol. The van der Waals surface area contributed by atoms with Crippen LogP contribution in [0.4, 0.5) is 10.5 Å². The van der Waals surface area contributed by atoms with Crippen molar-refractivity contribution in [2.24, 2.45) is 0 Å². The molecule has 0 bridgehead atoms. The number of methoxy groups -OCH3 is 1. The Morgan fingerprint density at radius 3 is 2.59 bits per heavy atom. The van der Waals surface area contributed by atoms with Gasteiger partial charge < -0.3 is 14.8 Å². The number of aryl methyl sites for hydroxylation is 2. The Bertz CT molecular complexity index is 1160. The van der Waals surface area contributed by atoms with Crippen molar-refractivity contribution in [2.75, 3.05) is 19.0 Å². The second-order valence-corrected chi connectivity index (χ2v) is 9.39. The molecule has 3 amide bonds. The van der Waals surface area contributed by atoms with Gasteiger partial charge in [-0.3, -0.25) is 19.3 Å². The summed E-state index contributed by atoms with van der Waals surface area (Å²) in [5, 5.41) is 2.55. The van der Waals surface area contributed by atoms with Crippen LogP contribution in [-0.2, 0) is 9.59 Å². The number of nitrogens with zero attached hydrogens (tertiary/aromatic N) is 1. The minimum absolute atomic E-state index is 0.0521. The van der Waals surface area contributed by atoms with Crippen LogP contribution in [0.2, 0.25) is 5.02 Å². The predicted octanol–water partition coefficient (Wildman–Crippen LogP) is 5.82. The monoisotopic (exact) mass is 502 g/mol. The van der Waals surface area contributed by atoms with Gasteiger partial charge in [-0.15, -0.1) is 0 Å². The number of benzene rings is 2. The smallest absolute Gasteiger partial charge is 0.294 e. The number of anilines is 1. The van der Waals surface area contributed by atoms with Gasteiger partial charge in [-0.25, -0.2) is 0 Å². The van der Waals surface area contributed by atoms with Crippen molar-refractivity contribution in [3.05, 3.63) is 56.9 Å². The molecule has 2 aromatic rings. The fourth-order valence-electron chi connectivity index (χ4n) is 3.17. The summed E-state index contributed by atoms with van der Waals surface area (Å²) < 4.78 is 11.3. The number of hydrogen-bond donors (Lipinski definition) is 1.